The van der Waals surface area contributed by atoms with E-state index >= 15 is 0 Å². The second-order valence-electron chi connectivity index (χ2n) is 5.18. The number of allylic oxidation sites excluding steroid dienone is 1. The molecule has 0 saturated carbocycles. The number of esters is 1. The van der Waals surface area contributed by atoms with Crippen molar-refractivity contribution in [3.8, 4) is 0 Å². The molecule has 0 aliphatic heterocycles. The number of amides is 1. The van der Waals surface area contributed by atoms with E-state index in [1.807, 2.05) is 11.5 Å². The van der Waals surface area contributed by atoms with Crippen molar-refractivity contribution in [3.05, 3.63) is 53.9 Å². The van der Waals surface area contributed by atoms with Crippen LogP contribution >= 0.6 is 11.8 Å². The van der Waals surface area contributed by atoms with E-state index in [-0.39, 0.29) is 17.6 Å². The van der Waals surface area contributed by atoms with Crippen LogP contribution in [0.25, 0.3) is 0 Å². The van der Waals surface area contributed by atoms with E-state index in [0.717, 1.165) is 11.4 Å². The highest BCUT2D eigenvalue weighted by Gasteiger charge is 2.11. The third-order valence-corrected chi connectivity index (χ3v) is 4.38. The molecule has 1 amide bonds. The number of nitrogens with zero attached hydrogens (tertiary/aromatic N) is 3. The summed E-state index contributed by atoms with van der Waals surface area (Å²) < 4.78 is 6.55. The van der Waals surface area contributed by atoms with Crippen LogP contribution in [0.15, 0.2) is 42.1 Å². The van der Waals surface area contributed by atoms with Crippen molar-refractivity contribution in [1.29, 1.82) is 0 Å². The average Bonchev–Trinajstić information content (AvgIpc) is 2.98. The highest BCUT2D eigenvalue weighted by atomic mass is 32.2. The van der Waals surface area contributed by atoms with Gasteiger partial charge in [-0.2, -0.15) is 0 Å². The molecule has 1 heterocycles. The van der Waals surface area contributed by atoms with E-state index in [1.165, 1.54) is 18.9 Å². The van der Waals surface area contributed by atoms with Crippen LogP contribution in [0.2, 0.25) is 0 Å². The molecular weight excluding hydrogens is 340 g/mol. The maximum Gasteiger partial charge on any atom is 0.337 e. The fourth-order valence-electron chi connectivity index (χ4n) is 2.07. The number of carbonyl (C=O) groups excluding carboxylic acids is 2. The highest BCUT2D eigenvalue weighted by molar-refractivity contribution is 7.99. The number of nitrogens with one attached hydrogen (secondary N) is 1. The number of thioether (sulfide) groups is 1. The third-order valence-electron chi connectivity index (χ3n) is 3.41. The Morgan fingerprint density at radius 3 is 2.68 bits per heavy atom. The van der Waals surface area contributed by atoms with E-state index in [9.17, 15) is 9.59 Å². The number of methoxy groups -OCH3 is 1. The van der Waals surface area contributed by atoms with E-state index in [1.54, 1.807) is 30.3 Å². The molecule has 0 spiro atoms. The van der Waals surface area contributed by atoms with Gasteiger partial charge in [-0.25, -0.2) is 4.79 Å². The highest BCUT2D eigenvalue weighted by Crippen LogP contribution is 2.16. The quantitative estimate of drug-likeness (QED) is 0.440. The van der Waals surface area contributed by atoms with Gasteiger partial charge in [-0.1, -0.05) is 30.0 Å². The number of ether oxygens (including phenoxy) is 1. The predicted octanol–water partition coefficient (Wildman–Crippen LogP) is 1.97. The smallest absolute Gasteiger partial charge is 0.337 e. The summed E-state index contributed by atoms with van der Waals surface area (Å²) in [5, 5.41) is 11.6. The lowest BCUT2D eigenvalue weighted by atomic mass is 10.1. The number of aryl methyl sites for hydroxylation is 1. The third kappa shape index (κ3) is 5.18. The standard InChI is InChI=1S/C17H20N4O3S/c1-4-9-21-12(2)19-20-17(21)25-11-15(22)18-10-13-5-7-14(8-6-13)16(23)24-3/h4-8H,1,9-11H2,2-3H3,(H,18,22). The normalized spacial score (nSPS) is 10.3. The van der Waals surface area contributed by atoms with Crippen molar-refractivity contribution in [2.24, 2.45) is 0 Å². The summed E-state index contributed by atoms with van der Waals surface area (Å²) in [5.74, 6) is 0.544. The van der Waals surface area contributed by atoms with Crippen LogP contribution in [0, 0.1) is 6.92 Å². The van der Waals surface area contributed by atoms with Crippen LogP contribution in [-0.4, -0.2) is 39.5 Å². The van der Waals surface area contributed by atoms with Gasteiger partial charge in [0.1, 0.15) is 5.82 Å². The Bertz CT molecular complexity index is 756. The molecule has 0 aliphatic rings. The maximum atomic E-state index is 12.0. The van der Waals surface area contributed by atoms with Gasteiger partial charge in [-0.3, -0.25) is 4.79 Å². The lowest BCUT2D eigenvalue weighted by molar-refractivity contribution is -0.118. The molecule has 25 heavy (non-hydrogen) atoms. The van der Waals surface area contributed by atoms with Gasteiger partial charge < -0.3 is 14.6 Å². The van der Waals surface area contributed by atoms with Crippen molar-refractivity contribution in [2.45, 2.75) is 25.2 Å². The largest absolute Gasteiger partial charge is 0.465 e. The summed E-state index contributed by atoms with van der Waals surface area (Å²) in [6.07, 6.45) is 1.76. The van der Waals surface area contributed by atoms with Gasteiger partial charge in [0.2, 0.25) is 5.91 Å². The van der Waals surface area contributed by atoms with Gasteiger partial charge in [0.15, 0.2) is 5.16 Å². The topological polar surface area (TPSA) is 86.1 Å². The van der Waals surface area contributed by atoms with Crippen LogP contribution in [-0.2, 0) is 22.6 Å². The minimum atomic E-state index is -0.383. The second kappa shape index (κ2) is 9.03. The van der Waals surface area contributed by atoms with Gasteiger partial charge in [-0.15, -0.1) is 16.8 Å². The number of rotatable bonds is 8. The van der Waals surface area contributed by atoms with Gasteiger partial charge in [0, 0.05) is 13.1 Å². The Balaban J connectivity index is 1.83. The van der Waals surface area contributed by atoms with Crippen LogP contribution < -0.4 is 5.32 Å². The SMILES string of the molecule is C=CCn1c(C)nnc1SCC(=O)NCc1ccc(C(=O)OC)cc1. The Morgan fingerprint density at radius 1 is 1.32 bits per heavy atom. The van der Waals surface area contributed by atoms with Crippen LogP contribution in [0.4, 0.5) is 0 Å². The minimum absolute atomic E-state index is 0.104. The molecular formula is C17H20N4O3S. The Kier molecular flexibility index (Phi) is 6.76. The first-order chi connectivity index (χ1) is 12.0. The number of carbonyl (C=O) groups is 2. The first-order valence-electron chi connectivity index (χ1n) is 7.62. The van der Waals surface area contributed by atoms with Crippen LogP contribution in [0.3, 0.4) is 0 Å². The molecule has 2 rings (SSSR count). The van der Waals surface area contributed by atoms with Crippen LogP contribution in [0.5, 0.6) is 0 Å². The molecule has 0 fully saturated rings. The predicted molar refractivity (Wildman–Crippen MR) is 95.3 cm³/mol. The van der Waals surface area contributed by atoms with Gasteiger partial charge in [0.05, 0.1) is 18.4 Å². The fourth-order valence-corrected chi connectivity index (χ4v) is 2.89. The average molecular weight is 360 g/mol. The minimum Gasteiger partial charge on any atom is -0.465 e. The summed E-state index contributed by atoms with van der Waals surface area (Å²) in [7, 11) is 1.34. The summed E-state index contributed by atoms with van der Waals surface area (Å²) >= 11 is 1.33. The summed E-state index contributed by atoms with van der Waals surface area (Å²) in [4.78, 5) is 23.4. The Labute approximate surface area is 150 Å². The number of hydrogen-bond acceptors (Lipinski definition) is 6. The summed E-state index contributed by atoms with van der Waals surface area (Å²) in [6.45, 7) is 6.56. The van der Waals surface area contributed by atoms with Gasteiger partial charge in [0.25, 0.3) is 0 Å². The number of hydrogen-bond donors (Lipinski definition) is 1. The Morgan fingerprint density at radius 2 is 2.04 bits per heavy atom. The number of benzene rings is 1. The van der Waals surface area contributed by atoms with Gasteiger partial charge in [-0.05, 0) is 24.6 Å². The lowest BCUT2D eigenvalue weighted by Gasteiger charge is -2.07. The molecule has 1 aromatic heterocycles. The Hall–Kier alpha value is -2.61. The second-order valence-corrected chi connectivity index (χ2v) is 6.13. The molecule has 1 aromatic carbocycles. The fraction of sp³-hybridized carbons (Fsp3) is 0.294. The molecule has 0 atom stereocenters. The van der Waals surface area contributed by atoms with Crippen molar-refractivity contribution < 1.29 is 14.3 Å². The van der Waals surface area contributed by atoms with E-state index in [0.29, 0.717) is 23.8 Å². The molecule has 0 unspecified atom stereocenters. The zero-order valence-corrected chi connectivity index (χ0v) is 15.0. The van der Waals surface area contributed by atoms with Crippen molar-refractivity contribution in [1.82, 2.24) is 20.1 Å². The molecule has 132 valence electrons. The monoisotopic (exact) mass is 360 g/mol. The van der Waals surface area contributed by atoms with Crippen molar-refractivity contribution >= 4 is 23.6 Å². The first kappa shape index (κ1) is 18.7. The lowest BCUT2D eigenvalue weighted by Crippen LogP contribution is -2.24. The summed E-state index contributed by atoms with van der Waals surface area (Å²) in [5.41, 5.74) is 1.38. The molecule has 2 aromatic rings. The van der Waals surface area contributed by atoms with Gasteiger partial charge >= 0.3 is 5.97 Å². The van der Waals surface area contributed by atoms with Crippen LogP contribution in [0.1, 0.15) is 21.7 Å². The maximum absolute atomic E-state index is 12.0. The molecule has 0 bridgehead atoms. The molecule has 1 N–H and O–H groups in total. The van der Waals surface area contributed by atoms with Crippen molar-refractivity contribution in [3.63, 3.8) is 0 Å². The molecule has 8 heteroatoms. The van der Waals surface area contributed by atoms with E-state index < -0.39 is 0 Å². The van der Waals surface area contributed by atoms with Crippen molar-refractivity contribution in [2.75, 3.05) is 12.9 Å². The molecule has 0 aliphatic carbocycles. The molecule has 0 radical (unpaired) electrons. The number of aromatic nitrogens is 3. The first-order valence-corrected chi connectivity index (χ1v) is 8.61. The van der Waals surface area contributed by atoms with E-state index in [2.05, 4.69) is 26.8 Å². The molecule has 7 nitrogen and oxygen atoms in total. The zero-order chi connectivity index (χ0) is 18.2. The molecule has 0 saturated heterocycles. The van der Waals surface area contributed by atoms with E-state index in [4.69, 9.17) is 0 Å². The summed E-state index contributed by atoms with van der Waals surface area (Å²) in [6, 6.07) is 6.90. The zero-order valence-electron chi connectivity index (χ0n) is 14.2.